The molecule has 0 saturated heterocycles. The minimum Gasteiger partial charge on any atom is -0.460 e. The van der Waals surface area contributed by atoms with Crippen LogP contribution in [0, 0.1) is 11.3 Å². The second kappa shape index (κ2) is 5.94. The number of hydrogen-bond acceptors (Lipinski definition) is 3. The Hall–Kier alpha value is -1.79. The Morgan fingerprint density at radius 3 is 2.81 bits per heavy atom. The van der Waals surface area contributed by atoms with Gasteiger partial charge in [0.15, 0.2) is 0 Å². The number of halogens is 1. The highest BCUT2D eigenvalue weighted by molar-refractivity contribution is 6.32. The number of hydrogen-bond donors (Lipinski definition) is 0. The molecule has 1 aromatic rings. The molecular formula is C12H10ClNO2. The van der Waals surface area contributed by atoms with Gasteiger partial charge < -0.3 is 4.74 Å². The first-order valence-electron chi connectivity index (χ1n) is 4.62. The molecule has 0 atom stereocenters. The predicted molar refractivity (Wildman–Crippen MR) is 61.7 cm³/mol. The average Bonchev–Trinajstić information content (AvgIpc) is 2.26. The lowest BCUT2D eigenvalue weighted by atomic mass is 10.1. The van der Waals surface area contributed by atoms with Crippen LogP contribution < -0.4 is 0 Å². The molecule has 0 aliphatic rings. The second-order valence-electron chi connectivity index (χ2n) is 3.08. The van der Waals surface area contributed by atoms with Crippen molar-refractivity contribution in [2.24, 2.45) is 0 Å². The molecule has 0 aliphatic carbocycles. The Labute approximate surface area is 98.9 Å². The van der Waals surface area contributed by atoms with Gasteiger partial charge in [-0.3, -0.25) is 4.79 Å². The van der Waals surface area contributed by atoms with E-state index in [0.29, 0.717) is 10.6 Å². The molecule has 0 radical (unpaired) electrons. The molecule has 0 bridgehead atoms. The van der Waals surface area contributed by atoms with Gasteiger partial charge in [0.2, 0.25) is 0 Å². The van der Waals surface area contributed by atoms with Crippen LogP contribution in [0.1, 0.15) is 12.5 Å². The van der Waals surface area contributed by atoms with Gasteiger partial charge in [-0.15, -0.1) is 0 Å². The van der Waals surface area contributed by atoms with Gasteiger partial charge in [-0.05, 0) is 17.7 Å². The summed E-state index contributed by atoms with van der Waals surface area (Å²) in [7, 11) is 0. The lowest BCUT2D eigenvalue weighted by Gasteiger charge is -2.01. The Balaban J connectivity index is 2.85. The number of benzene rings is 1. The molecule has 0 aromatic heterocycles. The Bertz CT molecular complexity index is 460. The molecule has 0 N–H and O–H groups in total. The van der Waals surface area contributed by atoms with E-state index in [4.69, 9.17) is 21.6 Å². The molecule has 0 spiro atoms. The molecule has 0 fully saturated rings. The van der Waals surface area contributed by atoms with Crippen LogP contribution in [0.2, 0.25) is 5.02 Å². The summed E-state index contributed by atoms with van der Waals surface area (Å²) in [6.45, 7) is 1.27. The van der Waals surface area contributed by atoms with Gasteiger partial charge in [-0.1, -0.05) is 29.8 Å². The van der Waals surface area contributed by atoms with E-state index in [-0.39, 0.29) is 6.61 Å². The molecule has 1 rings (SSSR count). The monoisotopic (exact) mass is 235 g/mol. The third-order valence-corrected chi connectivity index (χ3v) is 2.15. The highest BCUT2D eigenvalue weighted by Gasteiger charge is 2.01. The van der Waals surface area contributed by atoms with Gasteiger partial charge in [0.1, 0.15) is 6.61 Å². The summed E-state index contributed by atoms with van der Waals surface area (Å²) in [6, 6.07) is 9.10. The smallest absolute Gasteiger partial charge is 0.302 e. The van der Waals surface area contributed by atoms with Crippen molar-refractivity contribution < 1.29 is 9.53 Å². The maximum atomic E-state index is 10.6. The van der Waals surface area contributed by atoms with E-state index in [0.717, 1.165) is 5.56 Å². The quantitative estimate of drug-likeness (QED) is 0.598. The van der Waals surface area contributed by atoms with Crippen LogP contribution >= 0.6 is 11.6 Å². The summed E-state index contributed by atoms with van der Waals surface area (Å²) >= 11 is 5.93. The first-order chi connectivity index (χ1) is 7.63. The molecule has 0 saturated carbocycles. The lowest BCUT2D eigenvalue weighted by Crippen LogP contribution is -2.02. The molecular weight excluding hydrogens is 226 g/mol. The first kappa shape index (κ1) is 12.3. The van der Waals surface area contributed by atoms with E-state index in [2.05, 4.69) is 0 Å². The van der Waals surface area contributed by atoms with Crippen LogP contribution in [0.5, 0.6) is 0 Å². The van der Waals surface area contributed by atoms with Gasteiger partial charge in [-0.25, -0.2) is 0 Å². The minimum atomic E-state index is -0.416. The zero-order chi connectivity index (χ0) is 12.0. The maximum Gasteiger partial charge on any atom is 0.302 e. The molecule has 0 aliphatic heterocycles. The van der Waals surface area contributed by atoms with Crippen molar-refractivity contribution in [3.8, 4) is 6.07 Å². The van der Waals surface area contributed by atoms with E-state index in [1.54, 1.807) is 24.3 Å². The van der Waals surface area contributed by atoms with Gasteiger partial charge in [0, 0.05) is 11.9 Å². The average molecular weight is 236 g/mol. The normalized spacial score (nSPS) is 10.7. The molecule has 16 heavy (non-hydrogen) atoms. The molecule has 3 nitrogen and oxygen atoms in total. The topological polar surface area (TPSA) is 50.1 Å². The molecule has 4 heteroatoms. The summed E-state index contributed by atoms with van der Waals surface area (Å²) in [5, 5.41) is 9.39. The van der Waals surface area contributed by atoms with E-state index in [9.17, 15) is 4.79 Å². The summed E-state index contributed by atoms with van der Waals surface area (Å²) in [5.74, 6) is -0.416. The molecule has 0 amide bonds. The van der Waals surface area contributed by atoms with Crippen molar-refractivity contribution in [3.05, 3.63) is 40.4 Å². The summed E-state index contributed by atoms with van der Waals surface area (Å²) in [4.78, 5) is 10.6. The number of nitrogens with zero attached hydrogens (tertiary/aromatic N) is 1. The van der Waals surface area contributed by atoms with Crippen molar-refractivity contribution >= 4 is 23.6 Å². The van der Waals surface area contributed by atoms with Crippen LogP contribution in [-0.2, 0) is 9.53 Å². The van der Waals surface area contributed by atoms with Crippen LogP contribution in [0.4, 0.5) is 0 Å². The fourth-order valence-electron chi connectivity index (χ4n) is 1.07. The van der Waals surface area contributed by atoms with Crippen LogP contribution in [0.3, 0.4) is 0 Å². The van der Waals surface area contributed by atoms with Crippen LogP contribution in [0.25, 0.3) is 6.08 Å². The largest absolute Gasteiger partial charge is 0.460 e. The summed E-state index contributed by atoms with van der Waals surface area (Å²) in [6.07, 6.45) is 1.60. The van der Waals surface area contributed by atoms with Crippen molar-refractivity contribution in [1.82, 2.24) is 0 Å². The Morgan fingerprint density at radius 1 is 1.56 bits per heavy atom. The Kier molecular flexibility index (Phi) is 4.56. The summed E-state index contributed by atoms with van der Waals surface area (Å²) < 4.78 is 4.73. The third-order valence-electron chi connectivity index (χ3n) is 1.81. The number of ether oxygens (including phenoxy) is 1. The zero-order valence-electron chi connectivity index (χ0n) is 8.74. The van der Waals surface area contributed by atoms with Gasteiger partial charge in [0.05, 0.1) is 11.6 Å². The van der Waals surface area contributed by atoms with Crippen LogP contribution in [0.15, 0.2) is 29.8 Å². The van der Waals surface area contributed by atoms with Gasteiger partial charge >= 0.3 is 5.97 Å². The minimum absolute atomic E-state index is 0.0307. The van der Waals surface area contributed by atoms with E-state index < -0.39 is 5.97 Å². The maximum absolute atomic E-state index is 10.6. The second-order valence-corrected chi connectivity index (χ2v) is 3.49. The SMILES string of the molecule is CC(=O)OC/C(C#N)=C/c1ccccc1Cl. The van der Waals surface area contributed by atoms with Crippen LogP contribution in [-0.4, -0.2) is 12.6 Å². The molecule has 82 valence electrons. The van der Waals surface area contributed by atoms with Gasteiger partial charge in [0.25, 0.3) is 0 Å². The Morgan fingerprint density at radius 2 is 2.25 bits per heavy atom. The van der Waals surface area contributed by atoms with Crippen molar-refractivity contribution in [2.45, 2.75) is 6.92 Å². The lowest BCUT2D eigenvalue weighted by molar-refractivity contribution is -0.139. The van der Waals surface area contributed by atoms with Crippen molar-refractivity contribution in [2.75, 3.05) is 6.61 Å². The fourth-order valence-corrected chi connectivity index (χ4v) is 1.26. The van der Waals surface area contributed by atoms with Gasteiger partial charge in [-0.2, -0.15) is 5.26 Å². The third kappa shape index (κ3) is 3.76. The highest BCUT2D eigenvalue weighted by atomic mass is 35.5. The summed E-state index contributed by atoms with van der Waals surface area (Å²) in [5.41, 5.74) is 1.08. The van der Waals surface area contributed by atoms with E-state index in [1.165, 1.54) is 6.92 Å². The first-order valence-corrected chi connectivity index (χ1v) is 5.00. The zero-order valence-corrected chi connectivity index (χ0v) is 9.49. The van der Waals surface area contributed by atoms with E-state index >= 15 is 0 Å². The number of carbonyl (C=O) groups excluding carboxylic acids is 1. The van der Waals surface area contributed by atoms with Crippen molar-refractivity contribution in [3.63, 3.8) is 0 Å². The standard InChI is InChI=1S/C12H10ClNO2/c1-9(15)16-8-10(7-14)6-11-4-2-3-5-12(11)13/h2-6H,8H2,1H3/b10-6+. The number of esters is 1. The number of nitriles is 1. The molecule has 0 heterocycles. The molecule has 0 unspecified atom stereocenters. The van der Waals surface area contributed by atoms with E-state index in [1.807, 2.05) is 12.1 Å². The number of rotatable bonds is 3. The predicted octanol–water partition coefficient (Wildman–Crippen LogP) is 2.81. The fraction of sp³-hybridized carbons (Fsp3) is 0.167. The molecule has 1 aromatic carbocycles. The number of carbonyl (C=O) groups is 1. The highest BCUT2D eigenvalue weighted by Crippen LogP contribution is 2.18. The van der Waals surface area contributed by atoms with Crippen molar-refractivity contribution in [1.29, 1.82) is 5.26 Å².